The second kappa shape index (κ2) is 10.0. The minimum absolute atomic E-state index is 0.221. The molecule has 1 aliphatic rings. The van der Waals surface area contributed by atoms with Gasteiger partial charge in [-0.05, 0) is 53.1 Å². The summed E-state index contributed by atoms with van der Waals surface area (Å²) in [6.45, 7) is 3.80. The van der Waals surface area contributed by atoms with E-state index in [4.69, 9.17) is 14.5 Å². The summed E-state index contributed by atoms with van der Waals surface area (Å²) in [5, 5.41) is 4.02. The van der Waals surface area contributed by atoms with Crippen LogP contribution < -0.4 is 19.6 Å². The molecule has 0 bridgehead atoms. The van der Waals surface area contributed by atoms with Crippen molar-refractivity contribution in [2.45, 2.75) is 19.9 Å². The third-order valence-corrected chi connectivity index (χ3v) is 8.04. The molecule has 0 amide bonds. The summed E-state index contributed by atoms with van der Waals surface area (Å²) < 4.78 is 13.3. The molecule has 0 aliphatic carbocycles. The summed E-state index contributed by atoms with van der Waals surface area (Å²) in [6.07, 6.45) is 1.87. The van der Waals surface area contributed by atoms with Crippen molar-refractivity contribution in [1.29, 1.82) is 0 Å². The number of methoxy groups -OCH3 is 1. The van der Waals surface area contributed by atoms with Crippen molar-refractivity contribution in [2.24, 2.45) is 4.99 Å². The SMILES string of the molecule is CCOC(=O)C1=C(C)N=c2s/c(=C\c3c(OC)ccc4ccccc34)c(=O)n2C1c1cccc2ccccc12. The van der Waals surface area contributed by atoms with E-state index in [9.17, 15) is 9.59 Å². The Morgan fingerprint density at radius 2 is 1.67 bits per heavy atom. The van der Waals surface area contributed by atoms with Gasteiger partial charge in [-0.25, -0.2) is 9.79 Å². The monoisotopic (exact) mass is 534 g/mol. The molecule has 7 heteroatoms. The van der Waals surface area contributed by atoms with Crippen molar-refractivity contribution in [3.05, 3.63) is 121 Å². The van der Waals surface area contributed by atoms with Gasteiger partial charge in [0.1, 0.15) is 5.75 Å². The number of esters is 1. The van der Waals surface area contributed by atoms with Crippen LogP contribution in [-0.2, 0) is 9.53 Å². The number of aromatic nitrogens is 1. The zero-order chi connectivity index (χ0) is 27.1. The number of rotatable bonds is 5. The van der Waals surface area contributed by atoms with Crippen LogP contribution in [0.1, 0.15) is 31.0 Å². The minimum Gasteiger partial charge on any atom is -0.496 e. The zero-order valence-corrected chi connectivity index (χ0v) is 22.6. The highest BCUT2D eigenvalue weighted by Gasteiger charge is 2.34. The molecular weight excluding hydrogens is 508 g/mol. The number of carbonyl (C=O) groups is 1. The smallest absolute Gasteiger partial charge is 0.338 e. The van der Waals surface area contributed by atoms with Gasteiger partial charge in [-0.2, -0.15) is 0 Å². The van der Waals surface area contributed by atoms with Gasteiger partial charge in [-0.3, -0.25) is 9.36 Å². The lowest BCUT2D eigenvalue weighted by Gasteiger charge is -2.25. The van der Waals surface area contributed by atoms with E-state index in [1.54, 1.807) is 25.5 Å². The van der Waals surface area contributed by atoms with Crippen LogP contribution in [0.4, 0.5) is 0 Å². The van der Waals surface area contributed by atoms with Gasteiger partial charge in [0.05, 0.1) is 35.6 Å². The number of allylic oxidation sites excluding steroid dienone is 1. The van der Waals surface area contributed by atoms with Crippen LogP contribution in [0.15, 0.2) is 99.9 Å². The molecule has 0 fully saturated rings. The normalized spacial score (nSPS) is 15.4. The second-order valence-electron chi connectivity index (χ2n) is 9.27. The maximum absolute atomic E-state index is 14.2. The van der Waals surface area contributed by atoms with Gasteiger partial charge in [-0.1, -0.05) is 84.1 Å². The van der Waals surface area contributed by atoms with Crippen molar-refractivity contribution in [1.82, 2.24) is 4.57 Å². The predicted molar refractivity (Wildman–Crippen MR) is 155 cm³/mol. The Bertz CT molecular complexity index is 1980. The number of hydrogen-bond donors (Lipinski definition) is 0. The number of thiazole rings is 1. The standard InChI is InChI=1S/C32H26N2O4S/c1-4-38-31(36)28-19(2)33-32-34(29(28)24-15-9-12-20-10-5-7-13-22(20)24)30(35)27(39-32)18-25-23-14-8-6-11-21(23)16-17-26(25)37-3/h5-18,29H,4H2,1-3H3/b27-18-. The van der Waals surface area contributed by atoms with Gasteiger partial charge in [-0.15, -0.1) is 0 Å². The summed E-state index contributed by atoms with van der Waals surface area (Å²) in [4.78, 5) is 32.7. The van der Waals surface area contributed by atoms with Crippen molar-refractivity contribution in [2.75, 3.05) is 13.7 Å². The van der Waals surface area contributed by atoms with Gasteiger partial charge in [0.25, 0.3) is 5.56 Å². The summed E-state index contributed by atoms with van der Waals surface area (Å²) in [6, 6.07) is 25.1. The molecule has 5 aromatic rings. The maximum atomic E-state index is 14.2. The molecule has 0 N–H and O–H groups in total. The van der Waals surface area contributed by atoms with Crippen molar-refractivity contribution < 1.29 is 14.3 Å². The molecule has 0 radical (unpaired) electrons. The van der Waals surface area contributed by atoms with Crippen LogP contribution in [0, 0.1) is 0 Å². The zero-order valence-electron chi connectivity index (χ0n) is 21.8. The summed E-state index contributed by atoms with van der Waals surface area (Å²) >= 11 is 1.31. The van der Waals surface area contributed by atoms with E-state index in [-0.39, 0.29) is 12.2 Å². The van der Waals surface area contributed by atoms with E-state index in [1.807, 2.05) is 84.9 Å². The number of ether oxygens (including phenoxy) is 2. The highest BCUT2D eigenvalue weighted by Crippen LogP contribution is 2.35. The minimum atomic E-state index is -0.678. The average molecular weight is 535 g/mol. The van der Waals surface area contributed by atoms with Crippen molar-refractivity contribution in [3.8, 4) is 5.75 Å². The lowest BCUT2D eigenvalue weighted by atomic mass is 9.91. The van der Waals surface area contributed by atoms with Gasteiger partial charge in [0, 0.05) is 5.56 Å². The van der Waals surface area contributed by atoms with E-state index >= 15 is 0 Å². The number of nitrogens with zero attached hydrogens (tertiary/aromatic N) is 2. The first-order valence-corrected chi connectivity index (χ1v) is 13.6. The third kappa shape index (κ3) is 4.15. The first-order chi connectivity index (χ1) is 19.0. The van der Waals surface area contributed by atoms with Gasteiger partial charge in [0.2, 0.25) is 0 Å². The fourth-order valence-corrected chi connectivity index (χ4v) is 6.34. The highest BCUT2D eigenvalue weighted by molar-refractivity contribution is 7.07. The van der Waals surface area contributed by atoms with Gasteiger partial charge < -0.3 is 9.47 Å². The Kier molecular flexibility index (Phi) is 6.37. The molecule has 2 heterocycles. The Balaban J connectivity index is 1.66. The molecule has 1 unspecified atom stereocenters. The average Bonchev–Trinajstić information content (AvgIpc) is 3.26. The summed E-state index contributed by atoms with van der Waals surface area (Å²) in [7, 11) is 1.62. The fourth-order valence-electron chi connectivity index (χ4n) is 5.31. The summed E-state index contributed by atoms with van der Waals surface area (Å²) in [5.74, 6) is 0.204. The van der Waals surface area contributed by atoms with E-state index < -0.39 is 12.0 Å². The Morgan fingerprint density at radius 1 is 0.974 bits per heavy atom. The fraction of sp³-hybridized carbons (Fsp3) is 0.156. The first kappa shape index (κ1) is 24.8. The van der Waals surface area contributed by atoms with Crippen LogP contribution in [0.3, 0.4) is 0 Å². The molecule has 0 saturated heterocycles. The number of benzene rings is 4. The summed E-state index contributed by atoms with van der Waals surface area (Å²) in [5.41, 5.74) is 2.36. The van der Waals surface area contributed by atoms with E-state index in [0.29, 0.717) is 26.4 Å². The lowest BCUT2D eigenvalue weighted by Crippen LogP contribution is -2.40. The molecular formula is C32H26N2O4S. The molecule has 6 nitrogen and oxygen atoms in total. The van der Waals surface area contributed by atoms with Gasteiger partial charge >= 0.3 is 5.97 Å². The predicted octanol–water partition coefficient (Wildman–Crippen LogP) is 5.11. The molecule has 4 aromatic carbocycles. The van der Waals surface area contributed by atoms with Crippen LogP contribution in [-0.4, -0.2) is 24.3 Å². The Hall–Kier alpha value is -4.49. The quantitative estimate of drug-likeness (QED) is 0.294. The van der Waals surface area contributed by atoms with Crippen molar-refractivity contribution >= 4 is 44.9 Å². The van der Waals surface area contributed by atoms with Crippen LogP contribution >= 0.6 is 11.3 Å². The third-order valence-electron chi connectivity index (χ3n) is 7.06. The number of carbonyl (C=O) groups excluding carboxylic acids is 1. The first-order valence-electron chi connectivity index (χ1n) is 12.7. The lowest BCUT2D eigenvalue weighted by molar-refractivity contribution is -0.139. The van der Waals surface area contributed by atoms with Crippen LogP contribution in [0.2, 0.25) is 0 Å². The molecule has 1 atom stereocenters. The second-order valence-corrected chi connectivity index (χ2v) is 10.3. The highest BCUT2D eigenvalue weighted by atomic mass is 32.1. The maximum Gasteiger partial charge on any atom is 0.338 e. The largest absolute Gasteiger partial charge is 0.496 e. The molecule has 6 rings (SSSR count). The molecule has 0 spiro atoms. The molecule has 1 aliphatic heterocycles. The molecule has 0 saturated carbocycles. The molecule has 1 aromatic heterocycles. The Labute approximate surface area is 228 Å². The topological polar surface area (TPSA) is 69.9 Å². The van der Waals surface area contributed by atoms with Crippen LogP contribution in [0.25, 0.3) is 27.6 Å². The van der Waals surface area contributed by atoms with Gasteiger partial charge in [0.15, 0.2) is 4.80 Å². The molecule has 39 heavy (non-hydrogen) atoms. The van der Waals surface area contributed by atoms with E-state index in [0.717, 1.165) is 32.7 Å². The Morgan fingerprint density at radius 3 is 2.41 bits per heavy atom. The number of hydrogen-bond acceptors (Lipinski definition) is 6. The van der Waals surface area contributed by atoms with E-state index in [2.05, 4.69) is 0 Å². The van der Waals surface area contributed by atoms with Crippen LogP contribution in [0.5, 0.6) is 5.75 Å². The number of fused-ring (bicyclic) bond motifs is 3. The van der Waals surface area contributed by atoms with E-state index in [1.165, 1.54) is 11.3 Å². The van der Waals surface area contributed by atoms with Crippen molar-refractivity contribution in [3.63, 3.8) is 0 Å². The molecule has 194 valence electrons.